The van der Waals surface area contributed by atoms with Gasteiger partial charge in [0.2, 0.25) is 5.91 Å². The molecule has 1 fully saturated rings. The summed E-state index contributed by atoms with van der Waals surface area (Å²) >= 11 is 3.30. The lowest BCUT2D eigenvalue weighted by molar-refractivity contribution is -0.118. The Kier molecular flexibility index (Phi) is 4.39. The molecule has 1 amide bonds. The van der Waals surface area contributed by atoms with E-state index in [1.54, 1.807) is 25.2 Å². The third kappa shape index (κ3) is 2.98. The average Bonchev–Trinajstić information content (AvgIpc) is 2.37. The zero-order valence-corrected chi connectivity index (χ0v) is 13.6. The first kappa shape index (κ1) is 15.3. The van der Waals surface area contributed by atoms with E-state index in [9.17, 15) is 13.2 Å². The summed E-state index contributed by atoms with van der Waals surface area (Å²) in [5, 5.41) is -0.940. The van der Waals surface area contributed by atoms with Gasteiger partial charge in [-0.05, 0) is 31.0 Å². The van der Waals surface area contributed by atoms with Gasteiger partial charge in [-0.25, -0.2) is 8.42 Å². The quantitative estimate of drug-likeness (QED) is 0.817. The van der Waals surface area contributed by atoms with Crippen molar-refractivity contribution in [1.82, 2.24) is 0 Å². The molecule has 0 spiro atoms. The van der Waals surface area contributed by atoms with Crippen LogP contribution in [0.5, 0.6) is 0 Å². The summed E-state index contributed by atoms with van der Waals surface area (Å²) in [4.78, 5) is 13.8. The van der Waals surface area contributed by atoms with Crippen LogP contribution in [0.4, 0.5) is 11.4 Å². The monoisotopic (exact) mass is 360 g/mol. The number of anilines is 2. The summed E-state index contributed by atoms with van der Waals surface area (Å²) in [5.74, 6) is -0.314. The molecule has 1 heterocycles. The number of hydrogen-bond donors (Lipinski definition) is 1. The molecule has 20 heavy (non-hydrogen) atoms. The minimum Gasteiger partial charge on any atom is -0.397 e. The highest BCUT2D eigenvalue weighted by Crippen LogP contribution is 2.29. The summed E-state index contributed by atoms with van der Waals surface area (Å²) in [6.07, 6.45) is 1.79. The molecule has 2 N–H and O–H groups in total. The second kappa shape index (κ2) is 5.73. The number of benzene rings is 1. The second-order valence-electron chi connectivity index (χ2n) is 4.95. The van der Waals surface area contributed by atoms with Gasteiger partial charge < -0.3 is 10.6 Å². The lowest BCUT2D eigenvalue weighted by Crippen LogP contribution is -2.44. The van der Waals surface area contributed by atoms with Crippen LogP contribution < -0.4 is 10.6 Å². The van der Waals surface area contributed by atoms with Crippen molar-refractivity contribution in [1.29, 1.82) is 0 Å². The highest BCUT2D eigenvalue weighted by molar-refractivity contribution is 9.10. The van der Waals surface area contributed by atoms with Gasteiger partial charge in [0.25, 0.3) is 0 Å². The highest BCUT2D eigenvalue weighted by atomic mass is 79.9. The Labute approximate surface area is 127 Å². The maximum atomic E-state index is 12.4. The molecule has 0 bridgehead atoms. The Hall–Kier alpha value is -1.08. The summed E-state index contributed by atoms with van der Waals surface area (Å²) in [7, 11) is -1.78. The van der Waals surface area contributed by atoms with Gasteiger partial charge in [0.1, 0.15) is 5.25 Å². The van der Waals surface area contributed by atoms with Gasteiger partial charge in [0.15, 0.2) is 9.84 Å². The largest absolute Gasteiger partial charge is 0.397 e. The first-order chi connectivity index (χ1) is 9.33. The maximum absolute atomic E-state index is 12.4. The van der Waals surface area contributed by atoms with Crippen molar-refractivity contribution in [3.63, 3.8) is 0 Å². The van der Waals surface area contributed by atoms with Crippen LogP contribution in [0.3, 0.4) is 0 Å². The van der Waals surface area contributed by atoms with Crippen LogP contribution in [0.15, 0.2) is 22.7 Å². The van der Waals surface area contributed by atoms with Crippen molar-refractivity contribution >= 4 is 43.0 Å². The normalized spacial score (nSPS) is 21.4. The SMILES string of the molecule is CN(C(=O)C1CCCCS1(=O)=O)c1ccc(Br)cc1N. The van der Waals surface area contributed by atoms with E-state index in [4.69, 9.17) is 5.73 Å². The van der Waals surface area contributed by atoms with E-state index in [-0.39, 0.29) is 5.75 Å². The van der Waals surface area contributed by atoms with Gasteiger partial charge in [0, 0.05) is 11.5 Å². The van der Waals surface area contributed by atoms with Gasteiger partial charge >= 0.3 is 0 Å². The zero-order valence-electron chi connectivity index (χ0n) is 11.2. The van der Waals surface area contributed by atoms with E-state index in [1.165, 1.54) is 4.90 Å². The van der Waals surface area contributed by atoms with Crippen molar-refractivity contribution in [3.8, 4) is 0 Å². The molecule has 1 atom stereocenters. The Morgan fingerprint density at radius 1 is 1.40 bits per heavy atom. The van der Waals surface area contributed by atoms with Crippen LogP contribution in [-0.4, -0.2) is 32.4 Å². The molecular weight excluding hydrogens is 344 g/mol. The number of nitrogens with two attached hydrogens (primary N) is 1. The number of rotatable bonds is 2. The lowest BCUT2D eigenvalue weighted by atomic mass is 10.1. The first-order valence-corrected chi connectivity index (χ1v) is 8.88. The van der Waals surface area contributed by atoms with Crippen molar-refractivity contribution in [2.75, 3.05) is 23.4 Å². The molecule has 1 aliphatic heterocycles. The van der Waals surface area contributed by atoms with E-state index >= 15 is 0 Å². The van der Waals surface area contributed by atoms with Crippen LogP contribution >= 0.6 is 15.9 Å². The van der Waals surface area contributed by atoms with Gasteiger partial charge in [-0.2, -0.15) is 0 Å². The minimum atomic E-state index is -3.34. The zero-order chi connectivity index (χ0) is 14.9. The van der Waals surface area contributed by atoms with Crippen LogP contribution in [0.25, 0.3) is 0 Å². The Balaban J connectivity index is 2.28. The molecule has 1 saturated heterocycles. The average molecular weight is 361 g/mol. The van der Waals surface area contributed by atoms with E-state index < -0.39 is 21.0 Å². The standard InChI is InChI=1S/C13H17BrN2O3S/c1-16(11-6-5-9(14)8-10(11)15)13(17)12-4-2-3-7-20(12,18)19/h5-6,8,12H,2-4,7,15H2,1H3. The molecule has 1 unspecified atom stereocenters. The van der Waals surface area contributed by atoms with E-state index in [2.05, 4.69) is 15.9 Å². The third-order valence-corrected chi connectivity index (χ3v) is 6.19. The number of hydrogen-bond acceptors (Lipinski definition) is 4. The number of halogens is 1. The fourth-order valence-electron chi connectivity index (χ4n) is 2.40. The van der Waals surface area contributed by atoms with Gasteiger partial charge in [-0.3, -0.25) is 4.79 Å². The summed E-state index contributed by atoms with van der Waals surface area (Å²) < 4.78 is 24.8. The Morgan fingerprint density at radius 2 is 2.10 bits per heavy atom. The lowest BCUT2D eigenvalue weighted by Gasteiger charge is -2.27. The van der Waals surface area contributed by atoms with Gasteiger partial charge in [0.05, 0.1) is 17.1 Å². The molecule has 7 heteroatoms. The molecule has 0 saturated carbocycles. The predicted octanol–water partition coefficient (Wildman–Crippen LogP) is 1.96. The summed E-state index contributed by atoms with van der Waals surface area (Å²) in [5.41, 5.74) is 6.84. The molecule has 1 aliphatic rings. The summed E-state index contributed by atoms with van der Waals surface area (Å²) in [6.45, 7) is 0. The molecule has 0 radical (unpaired) electrons. The molecule has 5 nitrogen and oxygen atoms in total. The van der Waals surface area contributed by atoms with Crippen LogP contribution in [-0.2, 0) is 14.6 Å². The number of sulfone groups is 1. The third-order valence-electron chi connectivity index (χ3n) is 3.54. The molecule has 110 valence electrons. The number of nitrogens with zero attached hydrogens (tertiary/aromatic N) is 1. The maximum Gasteiger partial charge on any atom is 0.245 e. The Bertz CT molecular complexity index is 631. The van der Waals surface area contributed by atoms with E-state index in [1.807, 2.05) is 0 Å². The fraction of sp³-hybridized carbons (Fsp3) is 0.462. The van der Waals surface area contributed by atoms with Crippen molar-refractivity contribution in [2.45, 2.75) is 24.5 Å². The smallest absolute Gasteiger partial charge is 0.245 e. The van der Waals surface area contributed by atoms with Crippen molar-refractivity contribution in [3.05, 3.63) is 22.7 Å². The fourth-order valence-corrected chi connectivity index (χ4v) is 4.66. The molecule has 0 aliphatic carbocycles. The second-order valence-corrected chi connectivity index (χ2v) is 8.17. The van der Waals surface area contributed by atoms with Crippen molar-refractivity contribution in [2.24, 2.45) is 0 Å². The molecule has 1 aromatic rings. The number of amides is 1. The topological polar surface area (TPSA) is 80.5 Å². The van der Waals surface area contributed by atoms with Crippen molar-refractivity contribution < 1.29 is 13.2 Å². The van der Waals surface area contributed by atoms with Crippen LogP contribution in [0.2, 0.25) is 0 Å². The van der Waals surface area contributed by atoms with Gasteiger partial charge in [-0.1, -0.05) is 22.4 Å². The summed E-state index contributed by atoms with van der Waals surface area (Å²) in [6, 6.07) is 5.16. The van der Waals surface area contributed by atoms with E-state index in [0.29, 0.717) is 24.2 Å². The predicted molar refractivity (Wildman–Crippen MR) is 83.4 cm³/mol. The van der Waals surface area contributed by atoms with Crippen LogP contribution in [0.1, 0.15) is 19.3 Å². The highest BCUT2D eigenvalue weighted by Gasteiger charge is 2.37. The first-order valence-electron chi connectivity index (χ1n) is 6.37. The van der Waals surface area contributed by atoms with Gasteiger partial charge in [-0.15, -0.1) is 0 Å². The molecular formula is C13H17BrN2O3S. The minimum absolute atomic E-state index is 0.0903. The molecule has 0 aromatic heterocycles. The Morgan fingerprint density at radius 3 is 2.70 bits per heavy atom. The number of carbonyl (C=O) groups excluding carboxylic acids is 1. The number of carbonyl (C=O) groups is 1. The van der Waals surface area contributed by atoms with E-state index in [0.717, 1.165) is 10.9 Å². The van der Waals surface area contributed by atoms with Crippen LogP contribution in [0, 0.1) is 0 Å². The number of nitrogen functional groups attached to an aromatic ring is 1. The molecule has 2 rings (SSSR count). The molecule has 1 aromatic carbocycles.